The largest absolute Gasteiger partial charge is 0.366 e. The molecule has 3 rings (SSSR count). The van der Waals surface area contributed by atoms with E-state index in [-0.39, 0.29) is 18.2 Å². The van der Waals surface area contributed by atoms with Crippen LogP contribution in [-0.4, -0.2) is 24.3 Å². The van der Waals surface area contributed by atoms with Crippen molar-refractivity contribution in [2.24, 2.45) is 11.7 Å². The normalized spacial score (nSPS) is 16.6. The van der Waals surface area contributed by atoms with E-state index in [0.29, 0.717) is 17.8 Å². The zero-order valence-corrected chi connectivity index (χ0v) is 15.7. The summed E-state index contributed by atoms with van der Waals surface area (Å²) in [5, 5.41) is 2.79. The fourth-order valence-corrected chi connectivity index (χ4v) is 3.14. The number of amides is 3. The molecule has 3 amide bonds. The van der Waals surface area contributed by atoms with Crippen molar-refractivity contribution in [1.82, 2.24) is 0 Å². The maximum Gasteiger partial charge on any atom is 0.248 e. The Morgan fingerprint density at radius 2 is 1.88 bits per heavy atom. The van der Waals surface area contributed by atoms with Crippen LogP contribution in [0, 0.1) is 12.8 Å². The number of carbonyl (C=O) groups is 3. The van der Waals surface area contributed by atoms with Crippen molar-refractivity contribution >= 4 is 45.0 Å². The molecule has 0 bridgehead atoms. The Labute approximate surface area is 159 Å². The molecule has 0 spiro atoms. The van der Waals surface area contributed by atoms with Gasteiger partial charge in [0, 0.05) is 34.4 Å². The summed E-state index contributed by atoms with van der Waals surface area (Å²) in [6.45, 7) is 2.29. The Morgan fingerprint density at radius 3 is 2.50 bits per heavy atom. The Hall–Kier alpha value is -2.67. The molecule has 1 atom stereocenters. The average Bonchev–Trinajstić information content (AvgIpc) is 3.00. The molecule has 0 unspecified atom stereocenters. The first-order valence-electron chi connectivity index (χ1n) is 8.12. The van der Waals surface area contributed by atoms with Gasteiger partial charge >= 0.3 is 0 Å². The van der Waals surface area contributed by atoms with E-state index in [1.807, 2.05) is 25.1 Å². The molecule has 2 aromatic carbocycles. The van der Waals surface area contributed by atoms with Gasteiger partial charge in [0.2, 0.25) is 17.7 Å². The first-order chi connectivity index (χ1) is 12.3. The van der Waals surface area contributed by atoms with E-state index in [2.05, 4.69) is 21.2 Å². The number of aryl methyl sites for hydroxylation is 1. The third kappa shape index (κ3) is 3.77. The second-order valence-corrected chi connectivity index (χ2v) is 7.12. The molecule has 6 nitrogen and oxygen atoms in total. The number of anilines is 2. The molecule has 134 valence electrons. The van der Waals surface area contributed by atoms with Gasteiger partial charge in [0.25, 0.3) is 0 Å². The topological polar surface area (TPSA) is 92.5 Å². The predicted molar refractivity (Wildman–Crippen MR) is 103 cm³/mol. The SMILES string of the molecule is Cc1cc(N2C[C@H](C(=O)Nc3ccc(C(N)=O)cc3)CC2=O)ccc1Br. The minimum absolute atomic E-state index is 0.0732. The third-order valence-corrected chi connectivity index (χ3v) is 5.28. The van der Waals surface area contributed by atoms with Gasteiger partial charge in [-0.05, 0) is 55.0 Å². The molecule has 1 aliphatic heterocycles. The molecule has 26 heavy (non-hydrogen) atoms. The van der Waals surface area contributed by atoms with Crippen LogP contribution in [0.5, 0.6) is 0 Å². The highest BCUT2D eigenvalue weighted by molar-refractivity contribution is 9.10. The number of primary amides is 1. The van der Waals surface area contributed by atoms with E-state index >= 15 is 0 Å². The molecule has 3 N–H and O–H groups in total. The number of halogens is 1. The average molecular weight is 416 g/mol. The monoisotopic (exact) mass is 415 g/mol. The van der Waals surface area contributed by atoms with Crippen LogP contribution in [0.4, 0.5) is 11.4 Å². The lowest BCUT2D eigenvalue weighted by Crippen LogP contribution is -2.28. The molecule has 7 heteroatoms. The van der Waals surface area contributed by atoms with Gasteiger partial charge < -0.3 is 16.0 Å². The molecule has 0 radical (unpaired) electrons. The van der Waals surface area contributed by atoms with Crippen LogP contribution in [0.3, 0.4) is 0 Å². The summed E-state index contributed by atoms with van der Waals surface area (Å²) in [6, 6.07) is 12.0. The van der Waals surface area contributed by atoms with Crippen molar-refractivity contribution < 1.29 is 14.4 Å². The van der Waals surface area contributed by atoms with Crippen LogP contribution < -0.4 is 16.0 Å². The van der Waals surface area contributed by atoms with Crippen molar-refractivity contribution in [2.45, 2.75) is 13.3 Å². The molecular weight excluding hydrogens is 398 g/mol. The molecule has 0 saturated carbocycles. The standard InChI is InChI=1S/C19H18BrN3O3/c1-11-8-15(6-7-16(11)20)23-10-13(9-17(23)24)19(26)22-14-4-2-12(3-5-14)18(21)25/h2-8,13H,9-10H2,1H3,(H2,21,25)(H,22,26)/t13-/m1/s1. The quantitative estimate of drug-likeness (QED) is 0.803. The van der Waals surface area contributed by atoms with Gasteiger partial charge in [0.15, 0.2) is 0 Å². The van der Waals surface area contributed by atoms with Gasteiger partial charge in [0.05, 0.1) is 5.92 Å². The summed E-state index contributed by atoms with van der Waals surface area (Å²) in [4.78, 5) is 37.6. The van der Waals surface area contributed by atoms with Crippen molar-refractivity contribution in [2.75, 3.05) is 16.8 Å². The Balaban J connectivity index is 1.68. The van der Waals surface area contributed by atoms with Crippen LogP contribution in [0.2, 0.25) is 0 Å². The summed E-state index contributed by atoms with van der Waals surface area (Å²) < 4.78 is 0.974. The molecule has 1 aliphatic rings. The van der Waals surface area contributed by atoms with Crippen LogP contribution in [-0.2, 0) is 9.59 Å². The maximum absolute atomic E-state index is 12.5. The smallest absolute Gasteiger partial charge is 0.248 e. The number of rotatable bonds is 4. The Bertz CT molecular complexity index is 880. The molecule has 2 aromatic rings. The summed E-state index contributed by atoms with van der Waals surface area (Å²) >= 11 is 3.44. The lowest BCUT2D eigenvalue weighted by atomic mass is 10.1. The van der Waals surface area contributed by atoms with Gasteiger partial charge in [-0.15, -0.1) is 0 Å². The van der Waals surface area contributed by atoms with Crippen LogP contribution >= 0.6 is 15.9 Å². The van der Waals surface area contributed by atoms with Crippen molar-refractivity contribution in [3.63, 3.8) is 0 Å². The van der Waals surface area contributed by atoms with Crippen LogP contribution in [0.1, 0.15) is 22.3 Å². The highest BCUT2D eigenvalue weighted by Crippen LogP contribution is 2.29. The Kier molecular flexibility index (Phi) is 5.08. The third-order valence-electron chi connectivity index (χ3n) is 4.39. The maximum atomic E-state index is 12.5. The van der Waals surface area contributed by atoms with Crippen molar-refractivity contribution in [1.29, 1.82) is 0 Å². The lowest BCUT2D eigenvalue weighted by molar-refractivity contribution is -0.122. The summed E-state index contributed by atoms with van der Waals surface area (Å²) in [7, 11) is 0. The van der Waals surface area contributed by atoms with Crippen LogP contribution in [0.25, 0.3) is 0 Å². The highest BCUT2D eigenvalue weighted by Gasteiger charge is 2.35. The van der Waals surface area contributed by atoms with Gasteiger partial charge in [0.1, 0.15) is 0 Å². The van der Waals surface area contributed by atoms with Gasteiger partial charge in [-0.1, -0.05) is 15.9 Å². The first kappa shape index (κ1) is 18.1. The van der Waals surface area contributed by atoms with Crippen LogP contribution in [0.15, 0.2) is 46.9 Å². The van der Waals surface area contributed by atoms with Gasteiger partial charge in [-0.2, -0.15) is 0 Å². The van der Waals surface area contributed by atoms with Gasteiger partial charge in [-0.3, -0.25) is 14.4 Å². The number of nitrogens with two attached hydrogens (primary N) is 1. The number of benzene rings is 2. The lowest BCUT2D eigenvalue weighted by Gasteiger charge is -2.17. The minimum Gasteiger partial charge on any atom is -0.366 e. The summed E-state index contributed by atoms with van der Waals surface area (Å²) in [5.74, 6) is -1.25. The van der Waals surface area contributed by atoms with E-state index in [9.17, 15) is 14.4 Å². The molecule has 0 aromatic heterocycles. The zero-order valence-electron chi connectivity index (χ0n) is 14.2. The fourth-order valence-electron chi connectivity index (χ4n) is 2.89. The second kappa shape index (κ2) is 7.29. The predicted octanol–water partition coefficient (Wildman–Crippen LogP) is 2.85. The molecule has 1 fully saturated rings. The number of hydrogen-bond donors (Lipinski definition) is 2. The van der Waals surface area contributed by atoms with Crippen molar-refractivity contribution in [3.8, 4) is 0 Å². The number of carbonyl (C=O) groups excluding carboxylic acids is 3. The highest BCUT2D eigenvalue weighted by atomic mass is 79.9. The number of hydrogen-bond acceptors (Lipinski definition) is 3. The zero-order chi connectivity index (χ0) is 18.8. The van der Waals surface area contributed by atoms with E-state index in [0.717, 1.165) is 15.7 Å². The molecule has 1 heterocycles. The molecule has 0 aliphatic carbocycles. The molecular formula is C19H18BrN3O3. The van der Waals surface area contributed by atoms with Crippen molar-refractivity contribution in [3.05, 3.63) is 58.1 Å². The minimum atomic E-state index is -0.523. The Morgan fingerprint density at radius 1 is 1.19 bits per heavy atom. The summed E-state index contributed by atoms with van der Waals surface area (Å²) in [6.07, 6.45) is 0.167. The van der Waals surface area contributed by atoms with E-state index in [1.54, 1.807) is 29.2 Å². The first-order valence-corrected chi connectivity index (χ1v) is 8.91. The van der Waals surface area contributed by atoms with E-state index in [4.69, 9.17) is 5.73 Å². The van der Waals surface area contributed by atoms with E-state index in [1.165, 1.54) is 0 Å². The van der Waals surface area contributed by atoms with Gasteiger partial charge in [-0.25, -0.2) is 0 Å². The fraction of sp³-hybridized carbons (Fsp3) is 0.211. The van der Waals surface area contributed by atoms with E-state index < -0.39 is 11.8 Å². The number of nitrogens with zero attached hydrogens (tertiary/aromatic N) is 1. The number of nitrogens with one attached hydrogen (secondary N) is 1. The second-order valence-electron chi connectivity index (χ2n) is 6.27. The summed E-state index contributed by atoms with van der Waals surface area (Å²) in [5.41, 5.74) is 7.94. The molecule has 1 saturated heterocycles.